The van der Waals surface area contributed by atoms with Crippen LogP contribution in [0.3, 0.4) is 0 Å². The molecule has 2 rings (SSSR count). The Morgan fingerprint density at radius 2 is 1.88 bits per heavy atom. The van der Waals surface area contributed by atoms with Crippen molar-refractivity contribution in [3.8, 4) is 11.3 Å². The summed E-state index contributed by atoms with van der Waals surface area (Å²) in [6.45, 7) is 1.71. The molecule has 0 atom stereocenters. The lowest BCUT2D eigenvalue weighted by Gasteiger charge is -2.02. The molecule has 16 heavy (non-hydrogen) atoms. The highest BCUT2D eigenvalue weighted by Crippen LogP contribution is 2.17. The minimum absolute atomic E-state index is 0.301. The smallest absolute Gasteiger partial charge is 0.168 e. The Hall–Kier alpha value is -2.10. The molecular weight excluding hydrogens is 207 g/mol. The summed E-state index contributed by atoms with van der Waals surface area (Å²) in [6.07, 6.45) is 0.668. The third-order valence-electron chi connectivity index (χ3n) is 2.12. The minimum Gasteiger partial charge on any atom is -0.296 e. The molecule has 1 aromatic heterocycles. The van der Waals surface area contributed by atoms with Gasteiger partial charge in [-0.3, -0.25) is 4.79 Å². The van der Waals surface area contributed by atoms with Gasteiger partial charge >= 0.3 is 0 Å². The topological polar surface area (TPSA) is 42.9 Å². The molecule has 0 spiro atoms. The predicted octanol–water partition coefficient (Wildman–Crippen LogP) is 2.40. The van der Waals surface area contributed by atoms with Crippen molar-refractivity contribution < 1.29 is 9.18 Å². The van der Waals surface area contributed by atoms with Gasteiger partial charge in [0.15, 0.2) is 6.29 Å². The summed E-state index contributed by atoms with van der Waals surface area (Å²) in [5, 5.41) is 0. The van der Waals surface area contributed by atoms with Gasteiger partial charge in [-0.25, -0.2) is 14.4 Å². The molecule has 3 nitrogen and oxygen atoms in total. The highest BCUT2D eigenvalue weighted by atomic mass is 19.1. The van der Waals surface area contributed by atoms with E-state index in [0.29, 0.717) is 23.5 Å². The lowest BCUT2D eigenvalue weighted by Crippen LogP contribution is -1.96. The number of aldehydes is 1. The molecule has 1 aromatic carbocycles. The fraction of sp³-hybridized carbons (Fsp3) is 0.0833. The normalized spacial score (nSPS) is 10.1. The molecule has 0 saturated heterocycles. The summed E-state index contributed by atoms with van der Waals surface area (Å²) in [7, 11) is 0. The Bertz CT molecular complexity index is 523. The van der Waals surface area contributed by atoms with Crippen molar-refractivity contribution in [3.05, 3.63) is 47.7 Å². The lowest BCUT2D eigenvalue weighted by molar-refractivity contribution is 0.111. The maximum Gasteiger partial charge on any atom is 0.168 e. The first-order valence-electron chi connectivity index (χ1n) is 4.76. The molecule has 0 amide bonds. The van der Waals surface area contributed by atoms with Crippen LogP contribution in [0.2, 0.25) is 0 Å². The molecule has 0 fully saturated rings. The number of benzene rings is 1. The number of carbonyl (C=O) groups is 1. The predicted molar refractivity (Wildman–Crippen MR) is 57.6 cm³/mol. The zero-order valence-electron chi connectivity index (χ0n) is 8.64. The molecule has 0 aliphatic heterocycles. The van der Waals surface area contributed by atoms with Crippen LogP contribution in [0.5, 0.6) is 0 Å². The van der Waals surface area contributed by atoms with Gasteiger partial charge < -0.3 is 0 Å². The number of carbonyl (C=O) groups excluding carboxylic acids is 1. The Labute approximate surface area is 92.0 Å². The van der Waals surface area contributed by atoms with Gasteiger partial charge in [0.1, 0.15) is 17.3 Å². The summed E-state index contributed by atoms with van der Waals surface area (Å²) in [4.78, 5) is 18.8. The first kappa shape index (κ1) is 10.4. The van der Waals surface area contributed by atoms with Crippen LogP contribution in [0.1, 0.15) is 16.3 Å². The van der Waals surface area contributed by atoms with E-state index in [-0.39, 0.29) is 5.82 Å². The maximum absolute atomic E-state index is 12.7. The van der Waals surface area contributed by atoms with Crippen molar-refractivity contribution in [1.29, 1.82) is 0 Å². The Morgan fingerprint density at radius 1 is 1.19 bits per heavy atom. The highest BCUT2D eigenvalue weighted by Gasteiger charge is 2.03. The van der Waals surface area contributed by atoms with Crippen LogP contribution in [-0.2, 0) is 0 Å². The average Bonchev–Trinajstić information content (AvgIpc) is 2.29. The van der Waals surface area contributed by atoms with Gasteiger partial charge in [0.2, 0.25) is 0 Å². The van der Waals surface area contributed by atoms with Gasteiger partial charge in [0, 0.05) is 5.56 Å². The zero-order chi connectivity index (χ0) is 11.5. The summed E-state index contributed by atoms with van der Waals surface area (Å²) >= 11 is 0. The number of hydrogen-bond donors (Lipinski definition) is 0. The molecule has 0 unspecified atom stereocenters. The quantitative estimate of drug-likeness (QED) is 0.724. The maximum atomic E-state index is 12.7. The second-order valence-electron chi connectivity index (χ2n) is 3.35. The van der Waals surface area contributed by atoms with Crippen molar-refractivity contribution in [2.24, 2.45) is 0 Å². The first-order valence-corrected chi connectivity index (χ1v) is 4.76. The fourth-order valence-corrected chi connectivity index (χ4v) is 1.42. The molecule has 4 heteroatoms. The van der Waals surface area contributed by atoms with Crippen LogP contribution in [0.25, 0.3) is 11.3 Å². The van der Waals surface area contributed by atoms with E-state index in [0.717, 1.165) is 5.56 Å². The molecule has 0 aliphatic carbocycles. The zero-order valence-corrected chi connectivity index (χ0v) is 8.64. The number of rotatable bonds is 2. The third-order valence-corrected chi connectivity index (χ3v) is 2.12. The standard InChI is InChI=1S/C12H9FN2O/c1-8-14-11(7-16)6-12(15-8)9-2-4-10(13)5-3-9/h2-7H,1H3. The van der Waals surface area contributed by atoms with Gasteiger partial charge in [0.05, 0.1) is 5.69 Å². The summed E-state index contributed by atoms with van der Waals surface area (Å²) in [5.41, 5.74) is 1.71. The summed E-state index contributed by atoms with van der Waals surface area (Å²) < 4.78 is 12.7. The second-order valence-corrected chi connectivity index (χ2v) is 3.35. The van der Waals surface area contributed by atoms with Crippen LogP contribution < -0.4 is 0 Å². The van der Waals surface area contributed by atoms with E-state index >= 15 is 0 Å². The Morgan fingerprint density at radius 3 is 2.50 bits per heavy atom. The molecule has 80 valence electrons. The van der Waals surface area contributed by atoms with Crippen LogP contribution in [0.15, 0.2) is 30.3 Å². The number of halogens is 1. The van der Waals surface area contributed by atoms with Crippen molar-refractivity contribution in [2.45, 2.75) is 6.92 Å². The van der Waals surface area contributed by atoms with E-state index in [9.17, 15) is 9.18 Å². The second kappa shape index (κ2) is 4.18. The number of nitrogens with zero attached hydrogens (tertiary/aromatic N) is 2. The molecule has 2 aromatic rings. The van der Waals surface area contributed by atoms with E-state index < -0.39 is 0 Å². The number of hydrogen-bond acceptors (Lipinski definition) is 3. The van der Waals surface area contributed by atoms with E-state index in [4.69, 9.17) is 0 Å². The number of aryl methyl sites for hydroxylation is 1. The van der Waals surface area contributed by atoms with Gasteiger partial charge in [-0.15, -0.1) is 0 Å². The summed E-state index contributed by atoms with van der Waals surface area (Å²) in [5.74, 6) is 0.217. The molecule has 0 aliphatic rings. The van der Waals surface area contributed by atoms with Crippen LogP contribution in [0.4, 0.5) is 4.39 Å². The van der Waals surface area contributed by atoms with Crippen molar-refractivity contribution in [3.63, 3.8) is 0 Å². The number of aromatic nitrogens is 2. The SMILES string of the molecule is Cc1nc(C=O)cc(-c2ccc(F)cc2)n1. The lowest BCUT2D eigenvalue weighted by atomic mass is 10.1. The average molecular weight is 216 g/mol. The van der Waals surface area contributed by atoms with E-state index in [1.165, 1.54) is 12.1 Å². The molecule has 0 bridgehead atoms. The van der Waals surface area contributed by atoms with Crippen molar-refractivity contribution in [2.75, 3.05) is 0 Å². The van der Waals surface area contributed by atoms with Gasteiger partial charge in [-0.1, -0.05) is 0 Å². The van der Waals surface area contributed by atoms with Crippen LogP contribution in [0, 0.1) is 12.7 Å². The van der Waals surface area contributed by atoms with Crippen LogP contribution >= 0.6 is 0 Å². The first-order chi connectivity index (χ1) is 7.69. The van der Waals surface area contributed by atoms with E-state index in [1.54, 1.807) is 25.1 Å². The largest absolute Gasteiger partial charge is 0.296 e. The van der Waals surface area contributed by atoms with Crippen LogP contribution in [-0.4, -0.2) is 16.3 Å². The van der Waals surface area contributed by atoms with E-state index in [2.05, 4.69) is 9.97 Å². The van der Waals surface area contributed by atoms with Gasteiger partial charge in [0.25, 0.3) is 0 Å². The molecule has 1 heterocycles. The molecular formula is C12H9FN2O. The molecule has 0 saturated carbocycles. The summed E-state index contributed by atoms with van der Waals surface area (Å²) in [6, 6.07) is 7.52. The Kier molecular flexibility index (Phi) is 2.72. The Balaban J connectivity index is 2.51. The van der Waals surface area contributed by atoms with Crippen molar-refractivity contribution >= 4 is 6.29 Å². The van der Waals surface area contributed by atoms with Gasteiger partial charge in [-0.2, -0.15) is 0 Å². The highest BCUT2D eigenvalue weighted by molar-refractivity contribution is 5.74. The third kappa shape index (κ3) is 2.11. The van der Waals surface area contributed by atoms with E-state index in [1.807, 2.05) is 0 Å². The van der Waals surface area contributed by atoms with Crippen molar-refractivity contribution in [1.82, 2.24) is 9.97 Å². The minimum atomic E-state index is -0.301. The molecule has 0 radical (unpaired) electrons. The fourth-order valence-electron chi connectivity index (χ4n) is 1.42. The van der Waals surface area contributed by atoms with Gasteiger partial charge in [-0.05, 0) is 37.3 Å². The molecule has 0 N–H and O–H groups in total. The monoisotopic (exact) mass is 216 g/mol.